The van der Waals surface area contributed by atoms with E-state index in [0.717, 1.165) is 35.3 Å². The standard InChI is InChI=1S/C21H25NO4S/c1-4-14(2)21(23)22-13-18-12-17-11-16(7-10-20(17)26-18)15-5-8-19(9-6-15)27(3,24)25/h5-11,14,18H,4,12-13H2,1-3H3,(H,22,23). The Morgan fingerprint density at radius 2 is 1.85 bits per heavy atom. The first-order chi connectivity index (χ1) is 12.8. The van der Waals surface area contributed by atoms with Crippen molar-refractivity contribution >= 4 is 15.7 Å². The predicted octanol–water partition coefficient (Wildman–Crippen LogP) is 3.22. The summed E-state index contributed by atoms with van der Waals surface area (Å²) in [5.41, 5.74) is 3.07. The molecule has 0 saturated carbocycles. The lowest BCUT2D eigenvalue weighted by molar-refractivity contribution is -0.124. The molecular formula is C21H25NO4S. The zero-order valence-corrected chi connectivity index (χ0v) is 16.7. The molecule has 0 saturated heterocycles. The Hall–Kier alpha value is -2.34. The van der Waals surface area contributed by atoms with Crippen molar-refractivity contribution in [3.05, 3.63) is 48.0 Å². The van der Waals surface area contributed by atoms with Crippen molar-refractivity contribution in [3.8, 4) is 16.9 Å². The minimum absolute atomic E-state index is 0.00953. The van der Waals surface area contributed by atoms with Gasteiger partial charge in [-0.3, -0.25) is 4.79 Å². The SMILES string of the molecule is CCC(C)C(=O)NCC1Cc2cc(-c3ccc(S(C)(=O)=O)cc3)ccc2O1. The number of carbonyl (C=O) groups is 1. The van der Waals surface area contributed by atoms with E-state index < -0.39 is 9.84 Å². The van der Waals surface area contributed by atoms with E-state index in [2.05, 4.69) is 11.4 Å². The van der Waals surface area contributed by atoms with E-state index in [0.29, 0.717) is 11.4 Å². The van der Waals surface area contributed by atoms with Crippen LogP contribution in [0.2, 0.25) is 0 Å². The van der Waals surface area contributed by atoms with Gasteiger partial charge in [0.1, 0.15) is 11.9 Å². The molecule has 0 spiro atoms. The Bertz CT molecular complexity index is 935. The maximum atomic E-state index is 11.9. The highest BCUT2D eigenvalue weighted by Gasteiger charge is 2.24. The molecule has 6 heteroatoms. The monoisotopic (exact) mass is 387 g/mol. The number of amides is 1. The van der Waals surface area contributed by atoms with E-state index in [1.165, 1.54) is 6.26 Å². The number of carbonyl (C=O) groups excluding carboxylic acids is 1. The third kappa shape index (κ3) is 4.50. The third-order valence-corrected chi connectivity index (χ3v) is 6.11. The van der Waals surface area contributed by atoms with E-state index in [9.17, 15) is 13.2 Å². The summed E-state index contributed by atoms with van der Waals surface area (Å²) in [6, 6.07) is 12.9. The molecule has 0 fully saturated rings. The van der Waals surface area contributed by atoms with Gasteiger partial charge in [0.05, 0.1) is 11.4 Å². The first-order valence-electron chi connectivity index (χ1n) is 9.15. The molecule has 2 aromatic carbocycles. The van der Waals surface area contributed by atoms with Crippen LogP contribution in [0.1, 0.15) is 25.8 Å². The lowest BCUT2D eigenvalue weighted by Gasteiger charge is -2.14. The van der Waals surface area contributed by atoms with Gasteiger partial charge in [-0.05, 0) is 47.4 Å². The van der Waals surface area contributed by atoms with Crippen LogP contribution in [0.25, 0.3) is 11.1 Å². The molecule has 1 amide bonds. The summed E-state index contributed by atoms with van der Waals surface area (Å²) in [4.78, 5) is 12.2. The second-order valence-corrected chi connectivity index (χ2v) is 9.13. The number of sulfone groups is 1. The Morgan fingerprint density at radius 3 is 2.48 bits per heavy atom. The highest BCUT2D eigenvalue weighted by atomic mass is 32.2. The molecule has 2 unspecified atom stereocenters. The second-order valence-electron chi connectivity index (χ2n) is 7.12. The van der Waals surface area contributed by atoms with Gasteiger partial charge in [0.15, 0.2) is 9.84 Å². The fraction of sp³-hybridized carbons (Fsp3) is 0.381. The fourth-order valence-electron chi connectivity index (χ4n) is 3.08. The van der Waals surface area contributed by atoms with Crippen molar-refractivity contribution in [1.82, 2.24) is 5.32 Å². The number of hydrogen-bond donors (Lipinski definition) is 1. The topological polar surface area (TPSA) is 72.5 Å². The first-order valence-corrected chi connectivity index (χ1v) is 11.0. The van der Waals surface area contributed by atoms with Gasteiger partial charge < -0.3 is 10.1 Å². The number of nitrogens with one attached hydrogen (secondary N) is 1. The van der Waals surface area contributed by atoms with Crippen LogP contribution in [0.5, 0.6) is 5.75 Å². The van der Waals surface area contributed by atoms with Crippen LogP contribution in [-0.4, -0.2) is 33.2 Å². The minimum Gasteiger partial charge on any atom is -0.488 e. The average molecular weight is 388 g/mol. The normalized spacial score (nSPS) is 17.1. The Balaban J connectivity index is 1.68. The van der Waals surface area contributed by atoms with Crippen LogP contribution in [0, 0.1) is 5.92 Å². The number of hydrogen-bond acceptors (Lipinski definition) is 4. The molecular weight excluding hydrogens is 362 g/mol. The first kappa shape index (κ1) is 19.4. The Morgan fingerprint density at radius 1 is 1.19 bits per heavy atom. The summed E-state index contributed by atoms with van der Waals surface area (Å²) in [6.45, 7) is 4.41. The van der Waals surface area contributed by atoms with Crippen LogP contribution in [0.4, 0.5) is 0 Å². The molecule has 1 N–H and O–H groups in total. The fourth-order valence-corrected chi connectivity index (χ4v) is 3.71. The molecule has 2 atom stereocenters. The molecule has 1 heterocycles. The maximum Gasteiger partial charge on any atom is 0.222 e. The molecule has 0 aromatic heterocycles. The van der Waals surface area contributed by atoms with Crippen LogP contribution in [0.15, 0.2) is 47.4 Å². The van der Waals surface area contributed by atoms with Crippen molar-refractivity contribution in [2.75, 3.05) is 12.8 Å². The zero-order valence-electron chi connectivity index (χ0n) is 15.9. The van der Waals surface area contributed by atoms with Crippen molar-refractivity contribution in [2.24, 2.45) is 5.92 Å². The van der Waals surface area contributed by atoms with Crippen LogP contribution < -0.4 is 10.1 Å². The number of fused-ring (bicyclic) bond motifs is 1. The summed E-state index contributed by atoms with van der Waals surface area (Å²) in [5.74, 6) is 0.910. The molecule has 0 bridgehead atoms. The molecule has 0 aliphatic carbocycles. The third-order valence-electron chi connectivity index (χ3n) is 4.98. The summed E-state index contributed by atoms with van der Waals surface area (Å²) in [7, 11) is -3.19. The molecule has 0 radical (unpaired) electrons. The lowest BCUT2D eigenvalue weighted by Crippen LogP contribution is -2.37. The molecule has 27 heavy (non-hydrogen) atoms. The van der Waals surface area contributed by atoms with Crippen molar-refractivity contribution in [1.29, 1.82) is 0 Å². The quantitative estimate of drug-likeness (QED) is 0.826. The predicted molar refractivity (Wildman–Crippen MR) is 106 cm³/mol. The van der Waals surface area contributed by atoms with Crippen LogP contribution in [-0.2, 0) is 21.1 Å². The lowest BCUT2D eigenvalue weighted by atomic mass is 10.0. The summed E-state index contributed by atoms with van der Waals surface area (Å²) >= 11 is 0. The summed E-state index contributed by atoms with van der Waals surface area (Å²) in [5, 5.41) is 2.96. The van der Waals surface area contributed by atoms with Gasteiger partial charge in [-0.15, -0.1) is 0 Å². The molecule has 3 rings (SSSR count). The van der Waals surface area contributed by atoms with E-state index in [4.69, 9.17) is 4.74 Å². The number of benzene rings is 2. The summed E-state index contributed by atoms with van der Waals surface area (Å²) in [6.07, 6.45) is 2.70. The largest absolute Gasteiger partial charge is 0.488 e. The van der Waals surface area contributed by atoms with Crippen LogP contribution >= 0.6 is 0 Å². The molecule has 1 aliphatic rings. The second kappa shape index (κ2) is 7.72. The van der Waals surface area contributed by atoms with E-state index >= 15 is 0 Å². The van der Waals surface area contributed by atoms with Gasteiger partial charge >= 0.3 is 0 Å². The summed E-state index contributed by atoms with van der Waals surface area (Å²) < 4.78 is 29.1. The Kier molecular flexibility index (Phi) is 5.56. The van der Waals surface area contributed by atoms with Gasteiger partial charge in [-0.25, -0.2) is 8.42 Å². The average Bonchev–Trinajstić information content (AvgIpc) is 3.06. The van der Waals surface area contributed by atoms with E-state index in [1.807, 2.05) is 38.1 Å². The molecule has 144 valence electrons. The molecule has 5 nitrogen and oxygen atoms in total. The van der Waals surface area contributed by atoms with Gasteiger partial charge in [0.2, 0.25) is 5.91 Å². The minimum atomic E-state index is -3.19. The Labute approximate surface area is 160 Å². The van der Waals surface area contributed by atoms with Crippen molar-refractivity contribution < 1.29 is 17.9 Å². The number of rotatable bonds is 6. The molecule has 1 aliphatic heterocycles. The van der Waals surface area contributed by atoms with Gasteiger partial charge in [0.25, 0.3) is 0 Å². The highest BCUT2D eigenvalue weighted by Crippen LogP contribution is 2.33. The van der Waals surface area contributed by atoms with E-state index in [-0.39, 0.29) is 17.9 Å². The van der Waals surface area contributed by atoms with E-state index in [1.54, 1.807) is 12.1 Å². The van der Waals surface area contributed by atoms with Gasteiger partial charge in [0, 0.05) is 18.6 Å². The maximum absolute atomic E-state index is 11.9. The zero-order chi connectivity index (χ0) is 19.6. The van der Waals surface area contributed by atoms with Crippen molar-refractivity contribution in [3.63, 3.8) is 0 Å². The smallest absolute Gasteiger partial charge is 0.222 e. The molecule has 2 aromatic rings. The van der Waals surface area contributed by atoms with Crippen LogP contribution in [0.3, 0.4) is 0 Å². The van der Waals surface area contributed by atoms with Gasteiger partial charge in [-0.1, -0.05) is 32.0 Å². The number of ether oxygens (including phenoxy) is 1. The highest BCUT2D eigenvalue weighted by molar-refractivity contribution is 7.90. The van der Waals surface area contributed by atoms with Crippen molar-refractivity contribution in [2.45, 2.75) is 37.7 Å². The van der Waals surface area contributed by atoms with Gasteiger partial charge in [-0.2, -0.15) is 0 Å².